The van der Waals surface area contributed by atoms with Crippen LogP contribution in [0.5, 0.6) is 0 Å². The lowest BCUT2D eigenvalue weighted by Gasteiger charge is -2.16. The first kappa shape index (κ1) is 29.9. The van der Waals surface area contributed by atoms with Gasteiger partial charge >= 0.3 is 0 Å². The fourth-order valence-electron chi connectivity index (χ4n) is 6.90. The zero-order valence-corrected chi connectivity index (χ0v) is 27.2. The number of aromatic nitrogens is 3. The summed E-state index contributed by atoms with van der Waals surface area (Å²) in [4.78, 5) is 13.5. The Morgan fingerprint density at radius 3 is 1.84 bits per heavy atom. The lowest BCUT2D eigenvalue weighted by Crippen LogP contribution is -2.26. The lowest BCUT2D eigenvalue weighted by atomic mass is 9.87. The molecule has 9 aromatic rings. The van der Waals surface area contributed by atoms with E-state index in [1.807, 2.05) is 55.7 Å². The third-order valence-electron chi connectivity index (χ3n) is 9.19. The van der Waals surface area contributed by atoms with E-state index in [-0.39, 0.29) is 0 Å². The van der Waals surface area contributed by atoms with Crippen LogP contribution in [0, 0.1) is 0 Å². The Bertz CT molecular complexity index is 2720. The van der Waals surface area contributed by atoms with Crippen LogP contribution < -0.4 is 10.6 Å². The summed E-state index contributed by atoms with van der Waals surface area (Å²) in [6.07, 6.45) is 11.2. The SMILES string of the molecule is C=C/C=c1/cccn/c1=C/C.c1ccc(-c2ccc3ccc4c(-c5ccc(-c6cccc7cccnc67)cc5)ccc5ccc2c3c54)nc1. The normalized spacial score (nSPS) is 12.1. The second kappa shape index (κ2) is 13.0. The number of fused-ring (bicyclic) bond motifs is 1. The standard InChI is InChI=1S/C36H22N2.C10H11N/c1-2-21-37-33(8-1)30-18-14-26-15-19-31-28(17-13-25-16-20-32(30)35(26)34(25)31)23-9-11-24(12-10-23)29-7-3-5-27-6-4-22-38-36(27)29;1-3-6-9-7-5-8-11-10(9)4-2/h1-22H;3-8H,1H2,2H3/b;9-6-,10-4+. The number of pyridine rings is 3. The Morgan fingerprint density at radius 1 is 0.490 bits per heavy atom. The highest BCUT2D eigenvalue weighted by molar-refractivity contribution is 6.27. The van der Waals surface area contributed by atoms with Crippen molar-refractivity contribution in [2.45, 2.75) is 6.92 Å². The molecule has 0 aliphatic rings. The van der Waals surface area contributed by atoms with E-state index in [2.05, 4.69) is 131 Å². The van der Waals surface area contributed by atoms with Crippen molar-refractivity contribution in [1.29, 1.82) is 0 Å². The van der Waals surface area contributed by atoms with Crippen LogP contribution in [0.1, 0.15) is 6.92 Å². The van der Waals surface area contributed by atoms with E-state index >= 15 is 0 Å². The molecule has 0 aliphatic carbocycles. The highest BCUT2D eigenvalue weighted by Gasteiger charge is 2.15. The Morgan fingerprint density at radius 2 is 1.12 bits per heavy atom. The fourth-order valence-corrected chi connectivity index (χ4v) is 6.90. The molecule has 9 rings (SSSR count). The molecule has 0 atom stereocenters. The van der Waals surface area contributed by atoms with Gasteiger partial charge in [0.05, 0.1) is 16.6 Å². The van der Waals surface area contributed by atoms with Crippen molar-refractivity contribution in [3.63, 3.8) is 0 Å². The predicted molar refractivity (Wildman–Crippen MR) is 208 cm³/mol. The van der Waals surface area contributed by atoms with E-state index in [9.17, 15) is 0 Å². The van der Waals surface area contributed by atoms with Gasteiger partial charge in [-0.25, -0.2) is 0 Å². The number of allylic oxidation sites excluding steroid dienone is 1. The number of rotatable bonds is 4. The van der Waals surface area contributed by atoms with Crippen LogP contribution in [-0.2, 0) is 0 Å². The molecule has 6 aromatic carbocycles. The second-order valence-electron chi connectivity index (χ2n) is 12.0. The minimum Gasteiger partial charge on any atom is -0.257 e. The number of para-hydroxylation sites is 1. The first-order chi connectivity index (χ1) is 24.2. The minimum atomic E-state index is 1.00. The molecule has 0 unspecified atom stereocenters. The third kappa shape index (κ3) is 5.52. The van der Waals surface area contributed by atoms with Crippen LogP contribution in [0.25, 0.3) is 88.9 Å². The molecule has 0 radical (unpaired) electrons. The van der Waals surface area contributed by atoms with Crippen molar-refractivity contribution in [3.8, 4) is 33.5 Å². The molecule has 3 heteroatoms. The molecule has 3 aromatic heterocycles. The Balaban J connectivity index is 0.000000273. The van der Waals surface area contributed by atoms with Gasteiger partial charge in [0.15, 0.2) is 0 Å². The molecule has 0 saturated carbocycles. The summed E-state index contributed by atoms with van der Waals surface area (Å²) in [7, 11) is 0. The van der Waals surface area contributed by atoms with Crippen LogP contribution in [0.3, 0.4) is 0 Å². The van der Waals surface area contributed by atoms with Gasteiger partial charge in [-0.2, -0.15) is 0 Å². The minimum absolute atomic E-state index is 1.00. The van der Waals surface area contributed by atoms with E-state index < -0.39 is 0 Å². The molecule has 0 saturated heterocycles. The highest BCUT2D eigenvalue weighted by Crippen LogP contribution is 2.42. The van der Waals surface area contributed by atoms with Gasteiger partial charge < -0.3 is 0 Å². The highest BCUT2D eigenvalue weighted by atomic mass is 14.7. The van der Waals surface area contributed by atoms with Crippen molar-refractivity contribution >= 4 is 55.4 Å². The monoisotopic (exact) mass is 627 g/mol. The molecule has 0 N–H and O–H groups in total. The maximum absolute atomic E-state index is 4.65. The summed E-state index contributed by atoms with van der Waals surface area (Å²) < 4.78 is 0. The number of hydrogen-bond donors (Lipinski definition) is 0. The summed E-state index contributed by atoms with van der Waals surface area (Å²) in [5.41, 5.74) is 8.01. The van der Waals surface area contributed by atoms with Gasteiger partial charge in [-0.1, -0.05) is 134 Å². The first-order valence-corrected chi connectivity index (χ1v) is 16.5. The summed E-state index contributed by atoms with van der Waals surface area (Å²) in [5.74, 6) is 0. The maximum Gasteiger partial charge on any atom is 0.0780 e. The molecule has 3 nitrogen and oxygen atoms in total. The quantitative estimate of drug-likeness (QED) is 0.182. The average Bonchev–Trinajstić information content (AvgIpc) is 3.17. The zero-order valence-electron chi connectivity index (χ0n) is 27.2. The molecule has 3 heterocycles. The van der Waals surface area contributed by atoms with Crippen LogP contribution in [0.2, 0.25) is 0 Å². The molecule has 232 valence electrons. The van der Waals surface area contributed by atoms with Crippen molar-refractivity contribution < 1.29 is 0 Å². The van der Waals surface area contributed by atoms with Gasteiger partial charge in [-0.05, 0) is 85.4 Å². The predicted octanol–water partition coefficient (Wildman–Crippen LogP) is 10.4. The van der Waals surface area contributed by atoms with Crippen LogP contribution in [-0.4, -0.2) is 15.0 Å². The van der Waals surface area contributed by atoms with Crippen LogP contribution >= 0.6 is 0 Å². The molecule has 0 aliphatic heterocycles. The van der Waals surface area contributed by atoms with Gasteiger partial charge in [0.1, 0.15) is 0 Å². The summed E-state index contributed by atoms with van der Waals surface area (Å²) in [6, 6.07) is 47.4. The Hall–Kier alpha value is -6.45. The van der Waals surface area contributed by atoms with Gasteiger partial charge in [-0.3, -0.25) is 15.0 Å². The molecular formula is C46H33N3. The lowest BCUT2D eigenvalue weighted by molar-refractivity contribution is 1.22. The molecule has 0 spiro atoms. The molecular weight excluding hydrogens is 595 g/mol. The van der Waals surface area contributed by atoms with Gasteiger partial charge in [0, 0.05) is 35.1 Å². The van der Waals surface area contributed by atoms with Crippen molar-refractivity contribution in [3.05, 3.63) is 175 Å². The fraction of sp³-hybridized carbons (Fsp3) is 0.0217. The summed E-state index contributed by atoms with van der Waals surface area (Å²) >= 11 is 0. The van der Waals surface area contributed by atoms with E-state index in [0.717, 1.165) is 32.7 Å². The van der Waals surface area contributed by atoms with Gasteiger partial charge in [-0.15, -0.1) is 0 Å². The maximum atomic E-state index is 4.65. The van der Waals surface area contributed by atoms with E-state index in [4.69, 9.17) is 0 Å². The largest absolute Gasteiger partial charge is 0.257 e. The summed E-state index contributed by atoms with van der Waals surface area (Å²) in [5, 5.41) is 10.9. The van der Waals surface area contributed by atoms with Crippen molar-refractivity contribution in [1.82, 2.24) is 15.0 Å². The smallest absolute Gasteiger partial charge is 0.0780 e. The van der Waals surface area contributed by atoms with Gasteiger partial charge in [0.25, 0.3) is 0 Å². The summed E-state index contributed by atoms with van der Waals surface area (Å²) in [6.45, 7) is 5.61. The first-order valence-electron chi connectivity index (χ1n) is 16.5. The zero-order chi connectivity index (χ0) is 33.2. The third-order valence-corrected chi connectivity index (χ3v) is 9.19. The molecule has 0 fully saturated rings. The van der Waals surface area contributed by atoms with Gasteiger partial charge in [0.2, 0.25) is 0 Å². The topological polar surface area (TPSA) is 38.7 Å². The van der Waals surface area contributed by atoms with Crippen molar-refractivity contribution in [2.24, 2.45) is 0 Å². The average molecular weight is 628 g/mol. The van der Waals surface area contributed by atoms with E-state index in [1.54, 1.807) is 12.3 Å². The Kier molecular flexibility index (Phi) is 7.93. The number of nitrogens with zero attached hydrogens (tertiary/aromatic N) is 3. The molecule has 0 amide bonds. The number of hydrogen-bond acceptors (Lipinski definition) is 3. The van der Waals surface area contributed by atoms with E-state index in [1.165, 1.54) is 54.6 Å². The molecule has 0 bridgehead atoms. The number of benzene rings is 6. The van der Waals surface area contributed by atoms with Crippen molar-refractivity contribution in [2.75, 3.05) is 0 Å². The Labute approximate surface area is 285 Å². The van der Waals surface area contributed by atoms with Crippen LogP contribution in [0.4, 0.5) is 0 Å². The molecule has 49 heavy (non-hydrogen) atoms. The second-order valence-corrected chi connectivity index (χ2v) is 12.0. The van der Waals surface area contributed by atoms with Crippen LogP contribution in [0.15, 0.2) is 165 Å². The van der Waals surface area contributed by atoms with E-state index in [0.29, 0.717) is 0 Å².